The van der Waals surface area contributed by atoms with Crippen molar-refractivity contribution in [3.63, 3.8) is 0 Å². The molecule has 0 spiro atoms. The van der Waals surface area contributed by atoms with Crippen molar-refractivity contribution < 1.29 is 4.79 Å². The minimum absolute atomic E-state index is 0.0267. The van der Waals surface area contributed by atoms with Crippen molar-refractivity contribution in [1.29, 1.82) is 5.26 Å². The smallest absolute Gasteiger partial charge is 0.247 e. The zero-order valence-corrected chi connectivity index (χ0v) is 18.1. The molecule has 11 heteroatoms. The van der Waals surface area contributed by atoms with Gasteiger partial charge in [0.15, 0.2) is 11.0 Å². The minimum atomic E-state index is -0.264. The maximum Gasteiger partial charge on any atom is 0.247 e. The summed E-state index contributed by atoms with van der Waals surface area (Å²) in [5.41, 5.74) is 1.56. The molecular weight excluding hydrogens is 406 g/mol. The van der Waals surface area contributed by atoms with Crippen LogP contribution in [0.1, 0.15) is 38.1 Å². The van der Waals surface area contributed by atoms with E-state index in [2.05, 4.69) is 30.8 Å². The first kappa shape index (κ1) is 20.3. The molecule has 0 unspecified atom stereocenters. The van der Waals surface area contributed by atoms with Crippen LogP contribution in [-0.2, 0) is 11.3 Å². The Morgan fingerprint density at radius 3 is 2.70 bits per heavy atom. The van der Waals surface area contributed by atoms with E-state index in [1.165, 1.54) is 4.80 Å². The second-order valence-corrected chi connectivity index (χ2v) is 8.66. The van der Waals surface area contributed by atoms with Crippen LogP contribution < -0.4 is 15.5 Å². The van der Waals surface area contributed by atoms with Gasteiger partial charge in [0.1, 0.15) is 17.8 Å². The molecule has 1 amide bonds. The number of nitrogens with zero attached hydrogens (tertiary/aromatic N) is 7. The highest BCUT2D eigenvalue weighted by Gasteiger charge is 2.36. The van der Waals surface area contributed by atoms with Gasteiger partial charge >= 0.3 is 0 Å². The molecule has 2 aromatic rings. The molecule has 1 atom stereocenters. The van der Waals surface area contributed by atoms with E-state index in [-0.39, 0.29) is 34.8 Å². The third kappa shape index (κ3) is 3.65. The Bertz CT molecular complexity index is 1020. The van der Waals surface area contributed by atoms with Crippen molar-refractivity contribution in [2.75, 3.05) is 22.6 Å². The molecule has 0 saturated heterocycles. The highest BCUT2D eigenvalue weighted by Crippen LogP contribution is 2.36. The summed E-state index contributed by atoms with van der Waals surface area (Å²) < 4.78 is 0. The Kier molecular flexibility index (Phi) is 5.24. The van der Waals surface area contributed by atoms with Gasteiger partial charge in [0, 0.05) is 13.1 Å². The van der Waals surface area contributed by atoms with Crippen LogP contribution in [0.3, 0.4) is 0 Å². The fraction of sp³-hybridized carbons (Fsp3) is 0.579. The largest absolute Gasteiger partial charge is 0.351 e. The highest BCUT2D eigenvalue weighted by molar-refractivity contribution is 6.30. The number of hydrogen-bond acceptors (Lipinski definition) is 8. The van der Waals surface area contributed by atoms with Crippen LogP contribution in [0.2, 0.25) is 5.15 Å². The molecule has 158 valence electrons. The lowest BCUT2D eigenvalue weighted by Gasteiger charge is -2.38. The van der Waals surface area contributed by atoms with Gasteiger partial charge in [-0.3, -0.25) is 4.79 Å². The van der Waals surface area contributed by atoms with E-state index >= 15 is 0 Å². The lowest BCUT2D eigenvalue weighted by molar-refractivity contribution is -0.118. The van der Waals surface area contributed by atoms with Crippen LogP contribution >= 0.6 is 11.6 Å². The molecule has 2 aromatic heterocycles. The van der Waals surface area contributed by atoms with E-state index in [9.17, 15) is 4.79 Å². The Morgan fingerprint density at radius 2 is 2.07 bits per heavy atom. The highest BCUT2D eigenvalue weighted by atomic mass is 35.5. The van der Waals surface area contributed by atoms with E-state index < -0.39 is 0 Å². The van der Waals surface area contributed by atoms with E-state index in [0.717, 1.165) is 24.4 Å². The van der Waals surface area contributed by atoms with E-state index in [0.29, 0.717) is 24.1 Å². The second kappa shape index (κ2) is 7.72. The zero-order valence-electron chi connectivity index (χ0n) is 17.3. The van der Waals surface area contributed by atoms with Crippen LogP contribution in [-0.4, -0.2) is 50.0 Å². The maximum atomic E-state index is 12.4. The molecule has 1 saturated carbocycles. The molecule has 0 bridgehead atoms. The maximum absolute atomic E-state index is 12.4. The minimum Gasteiger partial charge on any atom is -0.351 e. The average molecular weight is 430 g/mol. The van der Waals surface area contributed by atoms with Crippen molar-refractivity contribution in [3.05, 3.63) is 16.5 Å². The Hall–Kier alpha value is -2.93. The number of aryl methyl sites for hydroxylation is 1. The molecule has 10 nitrogen and oxygen atoms in total. The van der Waals surface area contributed by atoms with Crippen LogP contribution in [0.4, 0.5) is 17.5 Å². The van der Waals surface area contributed by atoms with Gasteiger partial charge in [-0.15, -0.1) is 10.2 Å². The summed E-state index contributed by atoms with van der Waals surface area (Å²) in [5, 5.41) is 23.6. The number of halogens is 1. The van der Waals surface area contributed by atoms with E-state index in [1.54, 1.807) is 0 Å². The third-order valence-electron chi connectivity index (χ3n) is 5.68. The monoisotopic (exact) mass is 429 g/mol. The van der Waals surface area contributed by atoms with Gasteiger partial charge in [-0.25, -0.2) is 4.98 Å². The van der Waals surface area contributed by atoms with Gasteiger partial charge in [-0.2, -0.15) is 15.0 Å². The molecule has 4 rings (SSSR count). The first-order chi connectivity index (χ1) is 14.3. The molecule has 2 aliphatic rings. The van der Waals surface area contributed by atoms with Crippen LogP contribution in [0, 0.1) is 30.1 Å². The summed E-state index contributed by atoms with van der Waals surface area (Å²) in [6.45, 7) is 6.54. The van der Waals surface area contributed by atoms with Gasteiger partial charge in [-0.1, -0.05) is 25.4 Å². The first-order valence-corrected chi connectivity index (χ1v) is 10.3. The predicted octanol–water partition coefficient (Wildman–Crippen LogP) is 2.21. The van der Waals surface area contributed by atoms with Crippen molar-refractivity contribution in [3.8, 4) is 6.07 Å². The number of nitriles is 1. The van der Waals surface area contributed by atoms with E-state index in [1.807, 2.05) is 38.8 Å². The lowest BCUT2D eigenvalue weighted by atomic mass is 9.80. The van der Waals surface area contributed by atoms with Crippen molar-refractivity contribution >= 4 is 35.0 Å². The quantitative estimate of drug-likeness (QED) is 0.741. The topological polar surface area (TPSA) is 125 Å². The van der Waals surface area contributed by atoms with Crippen molar-refractivity contribution in [2.24, 2.45) is 11.8 Å². The average Bonchev–Trinajstić information content (AvgIpc) is 3.00. The zero-order chi connectivity index (χ0) is 21.6. The summed E-state index contributed by atoms with van der Waals surface area (Å²) in [6, 6.07) is 1.91. The van der Waals surface area contributed by atoms with Gasteiger partial charge in [0.25, 0.3) is 0 Å². The third-order valence-corrected chi connectivity index (χ3v) is 5.94. The normalized spacial score (nSPS) is 22.9. The van der Waals surface area contributed by atoms with Crippen LogP contribution in [0.25, 0.3) is 0 Å². The predicted molar refractivity (Wildman–Crippen MR) is 112 cm³/mol. The number of amides is 1. The molecule has 3 heterocycles. The fourth-order valence-corrected chi connectivity index (χ4v) is 4.34. The number of nitrogens with one attached hydrogen (secondary N) is 2. The number of aromatic nitrogens is 5. The summed E-state index contributed by atoms with van der Waals surface area (Å²) >= 11 is 5.87. The summed E-state index contributed by atoms with van der Waals surface area (Å²) in [7, 11) is 1.90. The Balaban J connectivity index is 1.41. The summed E-state index contributed by atoms with van der Waals surface area (Å²) in [5.74, 6) is 1.82. The Labute approximate surface area is 179 Å². The number of rotatable bonds is 5. The number of carbonyl (C=O) groups is 1. The molecule has 0 radical (unpaired) electrons. The number of hydrogen-bond donors (Lipinski definition) is 2. The number of anilines is 3. The summed E-state index contributed by atoms with van der Waals surface area (Å²) in [4.78, 5) is 25.1. The molecule has 2 N–H and O–H groups in total. The van der Waals surface area contributed by atoms with Gasteiger partial charge in [-0.05, 0) is 31.6 Å². The van der Waals surface area contributed by atoms with Crippen molar-refractivity contribution in [1.82, 2.24) is 25.0 Å². The SMILES string of the molecule is Cc1nc(NC2CC(Cn3nc(Cl)c(C#N)n3)C2)nc2c1NC(=O)[C@H](C(C)C)N2C. The molecular formula is C19H24ClN9O. The first-order valence-electron chi connectivity index (χ1n) is 9.96. The lowest BCUT2D eigenvalue weighted by Crippen LogP contribution is -2.50. The number of carbonyl (C=O) groups excluding carboxylic acids is 1. The van der Waals surface area contributed by atoms with Gasteiger partial charge < -0.3 is 15.5 Å². The molecule has 1 aliphatic carbocycles. The van der Waals surface area contributed by atoms with Gasteiger partial charge in [0.2, 0.25) is 17.5 Å². The molecule has 1 fully saturated rings. The summed E-state index contributed by atoms with van der Waals surface area (Å²) in [6.07, 6.45) is 1.84. The standard InChI is InChI=1S/C19H24ClN9O/c1-9(2)15-18(30)24-14-10(3)22-19(25-17(14)28(15)4)23-12-5-11(6-12)8-29-26-13(7-21)16(20)27-29/h9,11-12,15H,5-6,8H2,1-4H3,(H,24,30)(H,22,23,25)/t11?,12?,15-/m0/s1. The van der Waals surface area contributed by atoms with Crippen molar-refractivity contribution in [2.45, 2.75) is 52.2 Å². The molecule has 1 aliphatic heterocycles. The van der Waals surface area contributed by atoms with Gasteiger partial charge in [0.05, 0.1) is 12.2 Å². The fourth-order valence-electron chi connectivity index (χ4n) is 4.17. The Morgan fingerprint density at radius 1 is 1.33 bits per heavy atom. The number of likely N-dealkylation sites (N-methyl/N-ethyl adjacent to an activating group) is 1. The van der Waals surface area contributed by atoms with Crippen LogP contribution in [0.5, 0.6) is 0 Å². The number of fused-ring (bicyclic) bond motifs is 1. The second-order valence-electron chi connectivity index (χ2n) is 8.31. The molecule has 30 heavy (non-hydrogen) atoms. The van der Waals surface area contributed by atoms with E-state index in [4.69, 9.17) is 16.9 Å². The molecule has 0 aromatic carbocycles. The van der Waals surface area contributed by atoms with Crippen LogP contribution in [0.15, 0.2) is 0 Å².